The van der Waals surface area contributed by atoms with Crippen LogP contribution < -0.4 is 10.9 Å². The molecule has 2 N–H and O–H groups in total. The zero-order chi connectivity index (χ0) is 13.6. The quantitative estimate of drug-likeness (QED) is 0.899. The topological polar surface area (TPSA) is 61.0 Å². The molecule has 2 aromatic heterocycles. The van der Waals surface area contributed by atoms with Gasteiger partial charge in [-0.3, -0.25) is 9.69 Å². The highest BCUT2D eigenvalue weighted by Crippen LogP contribution is 2.25. The maximum atomic E-state index is 12.1. The molecule has 2 aromatic rings. The Morgan fingerprint density at radius 1 is 1.40 bits per heavy atom. The Bertz CT molecular complexity index is 677. The number of likely N-dealkylation sites (N-methyl/N-ethyl adjacent to an activating group) is 1. The summed E-state index contributed by atoms with van der Waals surface area (Å²) in [6, 6.07) is 0.549. The third kappa shape index (κ3) is 2.61. The van der Waals surface area contributed by atoms with Gasteiger partial charge in [-0.15, -0.1) is 23.7 Å². The van der Waals surface area contributed by atoms with Crippen molar-refractivity contribution in [1.82, 2.24) is 20.2 Å². The summed E-state index contributed by atoms with van der Waals surface area (Å²) in [4.78, 5) is 23.9. The maximum absolute atomic E-state index is 12.1. The van der Waals surface area contributed by atoms with E-state index in [2.05, 4.69) is 27.2 Å². The minimum atomic E-state index is -0.0121. The van der Waals surface area contributed by atoms with Crippen LogP contribution in [0.1, 0.15) is 16.3 Å². The van der Waals surface area contributed by atoms with Crippen molar-refractivity contribution in [3.8, 4) is 0 Å². The molecule has 7 heteroatoms. The van der Waals surface area contributed by atoms with Crippen LogP contribution >= 0.6 is 23.7 Å². The molecule has 0 spiro atoms. The summed E-state index contributed by atoms with van der Waals surface area (Å²) < 4.78 is 0. The van der Waals surface area contributed by atoms with Crippen molar-refractivity contribution in [3.05, 3.63) is 26.6 Å². The van der Waals surface area contributed by atoms with Crippen LogP contribution in [-0.4, -0.2) is 41.0 Å². The van der Waals surface area contributed by atoms with E-state index in [-0.39, 0.29) is 18.0 Å². The van der Waals surface area contributed by atoms with Gasteiger partial charge in [-0.05, 0) is 26.5 Å². The molecule has 3 heterocycles. The van der Waals surface area contributed by atoms with Crippen LogP contribution in [-0.2, 0) is 6.54 Å². The highest BCUT2D eigenvalue weighted by Gasteiger charge is 2.22. The first-order valence-corrected chi connectivity index (χ1v) is 7.27. The molecule has 1 aliphatic rings. The van der Waals surface area contributed by atoms with Gasteiger partial charge in [0.2, 0.25) is 0 Å². The average molecular weight is 315 g/mol. The Morgan fingerprint density at radius 3 is 2.70 bits per heavy atom. The number of fused-ring (bicyclic) bond motifs is 1. The average Bonchev–Trinajstić information content (AvgIpc) is 2.51. The van der Waals surface area contributed by atoms with Gasteiger partial charge >= 0.3 is 0 Å². The molecule has 5 nitrogen and oxygen atoms in total. The van der Waals surface area contributed by atoms with Gasteiger partial charge in [-0.2, -0.15) is 0 Å². The lowest BCUT2D eigenvalue weighted by Crippen LogP contribution is -2.55. The van der Waals surface area contributed by atoms with Crippen LogP contribution in [0, 0.1) is 13.8 Å². The Kier molecular flexibility index (Phi) is 4.49. The highest BCUT2D eigenvalue weighted by atomic mass is 35.5. The summed E-state index contributed by atoms with van der Waals surface area (Å²) in [7, 11) is 2.07. The molecule has 0 bridgehead atoms. The molecular weight excluding hydrogens is 296 g/mol. The van der Waals surface area contributed by atoms with Crippen molar-refractivity contribution in [3.63, 3.8) is 0 Å². The van der Waals surface area contributed by atoms with Gasteiger partial charge < -0.3 is 10.3 Å². The Labute approximate surface area is 127 Å². The second-order valence-electron chi connectivity index (χ2n) is 5.20. The Balaban J connectivity index is 0.00000147. The van der Waals surface area contributed by atoms with E-state index in [1.807, 2.05) is 13.8 Å². The predicted octanol–water partition coefficient (Wildman–Crippen LogP) is 1.43. The van der Waals surface area contributed by atoms with E-state index in [1.54, 1.807) is 11.3 Å². The molecule has 20 heavy (non-hydrogen) atoms. The van der Waals surface area contributed by atoms with Crippen LogP contribution in [0.15, 0.2) is 4.79 Å². The SMILES string of the molecule is Cc1sc2nc(CN(C)C3CNC3)[nH]c(=O)c2c1C.Cl. The van der Waals surface area contributed by atoms with Crippen LogP contribution in [0.4, 0.5) is 0 Å². The van der Waals surface area contributed by atoms with E-state index in [9.17, 15) is 4.79 Å². The number of aryl methyl sites for hydroxylation is 2. The molecular formula is C13H19ClN4OS. The minimum absolute atomic E-state index is 0. The summed E-state index contributed by atoms with van der Waals surface area (Å²) in [5, 5.41) is 4.00. The van der Waals surface area contributed by atoms with Crippen molar-refractivity contribution >= 4 is 34.0 Å². The fourth-order valence-corrected chi connectivity index (χ4v) is 3.37. The first-order chi connectivity index (χ1) is 9.06. The number of thiophene rings is 1. The van der Waals surface area contributed by atoms with E-state index in [0.29, 0.717) is 12.6 Å². The largest absolute Gasteiger partial charge is 0.314 e. The number of halogens is 1. The molecule has 0 saturated carbocycles. The molecule has 0 radical (unpaired) electrons. The molecule has 0 amide bonds. The summed E-state index contributed by atoms with van der Waals surface area (Å²) >= 11 is 1.60. The zero-order valence-electron chi connectivity index (χ0n) is 11.8. The first-order valence-electron chi connectivity index (χ1n) is 6.46. The van der Waals surface area contributed by atoms with Crippen molar-refractivity contribution < 1.29 is 0 Å². The highest BCUT2D eigenvalue weighted by molar-refractivity contribution is 7.18. The van der Waals surface area contributed by atoms with E-state index in [0.717, 1.165) is 34.7 Å². The van der Waals surface area contributed by atoms with Crippen molar-refractivity contribution in [2.45, 2.75) is 26.4 Å². The number of aromatic nitrogens is 2. The Hall–Kier alpha value is -0.950. The van der Waals surface area contributed by atoms with Crippen LogP contribution in [0.2, 0.25) is 0 Å². The van der Waals surface area contributed by atoms with Gasteiger partial charge in [-0.1, -0.05) is 0 Å². The number of hydrogen-bond acceptors (Lipinski definition) is 5. The lowest BCUT2D eigenvalue weighted by molar-refractivity contribution is 0.169. The van der Waals surface area contributed by atoms with Crippen LogP contribution in [0.25, 0.3) is 10.2 Å². The molecule has 0 unspecified atom stereocenters. The molecule has 110 valence electrons. The summed E-state index contributed by atoms with van der Waals surface area (Å²) in [5.41, 5.74) is 1.04. The monoisotopic (exact) mass is 314 g/mol. The number of nitrogens with one attached hydrogen (secondary N) is 2. The third-order valence-corrected chi connectivity index (χ3v) is 4.97. The lowest BCUT2D eigenvalue weighted by atomic mass is 10.1. The normalized spacial score (nSPS) is 15.4. The molecule has 1 saturated heterocycles. The number of rotatable bonds is 3. The second-order valence-corrected chi connectivity index (χ2v) is 6.41. The predicted molar refractivity (Wildman–Crippen MR) is 85.1 cm³/mol. The number of nitrogens with zero attached hydrogens (tertiary/aromatic N) is 2. The molecule has 0 aliphatic carbocycles. The molecule has 3 rings (SSSR count). The molecule has 1 fully saturated rings. The molecule has 1 aliphatic heterocycles. The van der Waals surface area contributed by atoms with Gasteiger partial charge in [0.1, 0.15) is 10.7 Å². The lowest BCUT2D eigenvalue weighted by Gasteiger charge is -2.35. The van der Waals surface area contributed by atoms with Crippen LogP contribution in [0.3, 0.4) is 0 Å². The van der Waals surface area contributed by atoms with E-state index < -0.39 is 0 Å². The van der Waals surface area contributed by atoms with Crippen molar-refractivity contribution in [1.29, 1.82) is 0 Å². The van der Waals surface area contributed by atoms with E-state index >= 15 is 0 Å². The fourth-order valence-electron chi connectivity index (χ4n) is 2.32. The summed E-state index contributed by atoms with van der Waals surface area (Å²) in [6.07, 6.45) is 0. The minimum Gasteiger partial charge on any atom is -0.314 e. The molecule has 0 atom stereocenters. The molecule has 0 aromatic carbocycles. The second kappa shape index (κ2) is 5.81. The summed E-state index contributed by atoms with van der Waals surface area (Å²) in [6.45, 7) is 6.73. The first kappa shape index (κ1) is 15.4. The zero-order valence-corrected chi connectivity index (χ0v) is 13.5. The van der Waals surface area contributed by atoms with Gasteiger partial charge in [0.05, 0.1) is 11.9 Å². The van der Waals surface area contributed by atoms with Crippen molar-refractivity contribution in [2.24, 2.45) is 0 Å². The van der Waals surface area contributed by atoms with Gasteiger partial charge in [0.15, 0.2) is 0 Å². The Morgan fingerprint density at radius 2 is 2.10 bits per heavy atom. The van der Waals surface area contributed by atoms with Crippen LogP contribution in [0.5, 0.6) is 0 Å². The number of hydrogen-bond donors (Lipinski definition) is 2. The van der Waals surface area contributed by atoms with E-state index in [4.69, 9.17) is 0 Å². The van der Waals surface area contributed by atoms with Crippen molar-refractivity contribution in [2.75, 3.05) is 20.1 Å². The van der Waals surface area contributed by atoms with Gasteiger partial charge in [0.25, 0.3) is 5.56 Å². The standard InChI is InChI=1S/C13H18N4OS.ClH/c1-7-8(2)19-13-11(7)12(18)15-10(16-13)6-17(3)9-4-14-5-9;/h9,14H,4-6H2,1-3H3,(H,15,16,18);1H. The fraction of sp³-hybridized carbons (Fsp3) is 0.538. The van der Waals surface area contributed by atoms with Gasteiger partial charge in [-0.25, -0.2) is 4.98 Å². The third-order valence-electron chi connectivity index (χ3n) is 3.87. The number of H-pyrrole nitrogens is 1. The van der Waals surface area contributed by atoms with Gasteiger partial charge in [0, 0.05) is 24.0 Å². The van der Waals surface area contributed by atoms with E-state index in [1.165, 1.54) is 4.88 Å². The maximum Gasteiger partial charge on any atom is 0.259 e. The number of aromatic amines is 1. The summed E-state index contributed by atoms with van der Waals surface area (Å²) in [5.74, 6) is 0.758. The smallest absolute Gasteiger partial charge is 0.259 e.